The maximum Gasteiger partial charge on any atom is 0.305 e. The van der Waals surface area contributed by atoms with Crippen LogP contribution in [0.4, 0.5) is 5.69 Å². The molecule has 2 aromatic rings. The Morgan fingerprint density at radius 3 is 2.56 bits per heavy atom. The molecular formula is C21H23NO3. The van der Waals surface area contributed by atoms with E-state index < -0.39 is 0 Å². The maximum absolute atomic E-state index is 11.9. The predicted octanol–water partition coefficient (Wildman–Crippen LogP) is 4.49. The van der Waals surface area contributed by atoms with Crippen LogP contribution in [0.5, 0.6) is 0 Å². The molecule has 0 aliphatic heterocycles. The van der Waals surface area contributed by atoms with Gasteiger partial charge in [-0.3, -0.25) is 9.59 Å². The first-order valence-corrected chi connectivity index (χ1v) is 8.82. The van der Waals surface area contributed by atoms with Crippen LogP contribution in [0, 0.1) is 0 Å². The summed E-state index contributed by atoms with van der Waals surface area (Å²) in [5.74, 6) is -0.171. The number of fused-ring (bicyclic) bond motifs is 3. The van der Waals surface area contributed by atoms with E-state index in [1.54, 1.807) is 6.92 Å². The lowest BCUT2D eigenvalue weighted by atomic mass is 9.97. The van der Waals surface area contributed by atoms with Gasteiger partial charge in [0.1, 0.15) is 6.61 Å². The SMILES string of the molecule is CCCC(=O)Nc1ccc2c(c1)C(COC(=O)CC)c1ccccc1-2. The average molecular weight is 337 g/mol. The molecule has 1 atom stereocenters. The van der Waals surface area contributed by atoms with E-state index in [1.807, 2.05) is 37.3 Å². The Morgan fingerprint density at radius 2 is 1.80 bits per heavy atom. The Morgan fingerprint density at radius 1 is 1.04 bits per heavy atom. The molecule has 0 saturated carbocycles. The van der Waals surface area contributed by atoms with Gasteiger partial charge < -0.3 is 10.1 Å². The molecule has 0 bridgehead atoms. The number of hydrogen-bond donors (Lipinski definition) is 1. The van der Waals surface area contributed by atoms with Gasteiger partial charge in [-0.25, -0.2) is 0 Å². The normalized spacial score (nSPS) is 14.6. The molecule has 2 aromatic carbocycles. The van der Waals surface area contributed by atoms with E-state index in [4.69, 9.17) is 4.74 Å². The summed E-state index contributed by atoms with van der Waals surface area (Å²) >= 11 is 0. The Hall–Kier alpha value is -2.62. The van der Waals surface area contributed by atoms with Crippen molar-refractivity contribution in [3.8, 4) is 11.1 Å². The largest absolute Gasteiger partial charge is 0.465 e. The van der Waals surface area contributed by atoms with Crippen LogP contribution in [0.3, 0.4) is 0 Å². The topological polar surface area (TPSA) is 55.4 Å². The summed E-state index contributed by atoms with van der Waals surface area (Å²) in [4.78, 5) is 23.5. The molecular weight excluding hydrogens is 314 g/mol. The number of ether oxygens (including phenoxy) is 1. The molecule has 1 unspecified atom stereocenters. The zero-order valence-electron chi connectivity index (χ0n) is 14.7. The average Bonchev–Trinajstić information content (AvgIpc) is 2.93. The van der Waals surface area contributed by atoms with Crippen molar-refractivity contribution >= 4 is 17.6 Å². The van der Waals surface area contributed by atoms with Crippen molar-refractivity contribution < 1.29 is 14.3 Å². The zero-order valence-corrected chi connectivity index (χ0v) is 14.7. The third kappa shape index (κ3) is 3.58. The summed E-state index contributed by atoms with van der Waals surface area (Å²) in [6.07, 6.45) is 1.70. The summed E-state index contributed by atoms with van der Waals surface area (Å²) in [5, 5.41) is 2.95. The van der Waals surface area contributed by atoms with Crippen molar-refractivity contribution in [3.05, 3.63) is 53.6 Å². The van der Waals surface area contributed by atoms with Crippen LogP contribution in [0.2, 0.25) is 0 Å². The number of benzene rings is 2. The number of esters is 1. The van der Waals surface area contributed by atoms with Crippen LogP contribution in [-0.4, -0.2) is 18.5 Å². The van der Waals surface area contributed by atoms with Crippen LogP contribution < -0.4 is 5.32 Å². The number of rotatable bonds is 6. The minimum Gasteiger partial charge on any atom is -0.465 e. The lowest BCUT2D eigenvalue weighted by Crippen LogP contribution is -2.13. The van der Waals surface area contributed by atoms with Crippen molar-refractivity contribution in [1.82, 2.24) is 0 Å². The van der Waals surface area contributed by atoms with E-state index >= 15 is 0 Å². The molecule has 0 spiro atoms. The van der Waals surface area contributed by atoms with Gasteiger partial charge >= 0.3 is 5.97 Å². The molecule has 1 aliphatic rings. The van der Waals surface area contributed by atoms with E-state index in [2.05, 4.69) is 17.4 Å². The molecule has 4 heteroatoms. The fraction of sp³-hybridized carbons (Fsp3) is 0.333. The highest BCUT2D eigenvalue weighted by Gasteiger charge is 2.29. The first-order chi connectivity index (χ1) is 12.1. The number of amides is 1. The maximum atomic E-state index is 11.9. The van der Waals surface area contributed by atoms with Gasteiger partial charge in [0.05, 0.1) is 0 Å². The summed E-state index contributed by atoms with van der Waals surface area (Å²) in [6.45, 7) is 4.10. The van der Waals surface area contributed by atoms with Gasteiger partial charge in [0.15, 0.2) is 0 Å². The van der Waals surface area contributed by atoms with Crippen molar-refractivity contribution in [1.29, 1.82) is 0 Å². The van der Waals surface area contributed by atoms with Crippen LogP contribution in [0.25, 0.3) is 11.1 Å². The third-order valence-electron chi connectivity index (χ3n) is 4.51. The zero-order chi connectivity index (χ0) is 17.8. The second-order valence-corrected chi connectivity index (χ2v) is 6.28. The number of anilines is 1. The van der Waals surface area contributed by atoms with Crippen LogP contribution in [0.15, 0.2) is 42.5 Å². The lowest BCUT2D eigenvalue weighted by Gasteiger charge is -2.15. The monoisotopic (exact) mass is 337 g/mol. The number of carbonyl (C=O) groups is 2. The number of nitrogens with one attached hydrogen (secondary N) is 1. The van der Waals surface area contributed by atoms with Crippen LogP contribution >= 0.6 is 0 Å². The predicted molar refractivity (Wildman–Crippen MR) is 98.5 cm³/mol. The molecule has 0 heterocycles. The highest BCUT2D eigenvalue weighted by atomic mass is 16.5. The van der Waals surface area contributed by atoms with Gasteiger partial charge in [-0.15, -0.1) is 0 Å². The second kappa shape index (κ2) is 7.51. The summed E-state index contributed by atoms with van der Waals surface area (Å²) in [6, 6.07) is 14.2. The van der Waals surface area contributed by atoms with Crippen molar-refractivity contribution in [2.24, 2.45) is 0 Å². The van der Waals surface area contributed by atoms with E-state index in [-0.39, 0.29) is 17.8 Å². The molecule has 1 aliphatic carbocycles. The molecule has 1 N–H and O–H groups in total. The number of hydrogen-bond acceptors (Lipinski definition) is 3. The molecule has 1 amide bonds. The smallest absolute Gasteiger partial charge is 0.305 e. The summed E-state index contributed by atoms with van der Waals surface area (Å²) < 4.78 is 5.42. The Kier molecular flexibility index (Phi) is 5.17. The summed E-state index contributed by atoms with van der Waals surface area (Å²) in [7, 11) is 0. The fourth-order valence-corrected chi connectivity index (χ4v) is 3.30. The molecule has 4 nitrogen and oxygen atoms in total. The second-order valence-electron chi connectivity index (χ2n) is 6.28. The lowest BCUT2D eigenvalue weighted by molar-refractivity contribution is -0.143. The molecule has 0 aromatic heterocycles. The molecule has 0 radical (unpaired) electrons. The van der Waals surface area contributed by atoms with Gasteiger partial charge in [-0.1, -0.05) is 44.2 Å². The van der Waals surface area contributed by atoms with E-state index in [9.17, 15) is 9.59 Å². The molecule has 0 saturated heterocycles. The first-order valence-electron chi connectivity index (χ1n) is 8.82. The highest BCUT2D eigenvalue weighted by Crippen LogP contribution is 2.45. The summed E-state index contributed by atoms with van der Waals surface area (Å²) in [5.41, 5.74) is 5.36. The van der Waals surface area contributed by atoms with E-state index in [1.165, 1.54) is 11.1 Å². The Balaban J connectivity index is 1.92. The van der Waals surface area contributed by atoms with E-state index in [0.717, 1.165) is 23.2 Å². The van der Waals surface area contributed by atoms with Crippen LogP contribution in [-0.2, 0) is 14.3 Å². The molecule has 130 valence electrons. The van der Waals surface area contributed by atoms with Crippen molar-refractivity contribution in [2.75, 3.05) is 11.9 Å². The highest BCUT2D eigenvalue weighted by molar-refractivity contribution is 5.92. The van der Waals surface area contributed by atoms with Crippen LogP contribution in [0.1, 0.15) is 50.2 Å². The van der Waals surface area contributed by atoms with Crippen molar-refractivity contribution in [3.63, 3.8) is 0 Å². The first kappa shape index (κ1) is 17.2. The minimum atomic E-state index is -0.196. The van der Waals surface area contributed by atoms with Gasteiger partial charge in [-0.2, -0.15) is 0 Å². The number of carbonyl (C=O) groups excluding carboxylic acids is 2. The Labute approximate surface area is 148 Å². The molecule has 25 heavy (non-hydrogen) atoms. The van der Waals surface area contributed by atoms with Crippen molar-refractivity contribution in [2.45, 2.75) is 39.0 Å². The third-order valence-corrected chi connectivity index (χ3v) is 4.51. The molecule has 0 fully saturated rings. The standard InChI is InChI=1S/C21H23NO3/c1-3-7-20(23)22-14-10-11-17-15-8-5-6-9-16(15)19(18(17)12-14)13-25-21(24)4-2/h5-6,8-12,19H,3-4,7,13H2,1-2H3,(H,22,23). The fourth-order valence-electron chi connectivity index (χ4n) is 3.30. The van der Waals surface area contributed by atoms with Gasteiger partial charge in [0, 0.05) is 24.4 Å². The quantitative estimate of drug-likeness (QED) is 0.790. The Bertz CT molecular complexity index is 797. The minimum absolute atomic E-state index is 0.00438. The van der Waals surface area contributed by atoms with Gasteiger partial charge in [0.25, 0.3) is 0 Å². The van der Waals surface area contributed by atoms with Gasteiger partial charge in [-0.05, 0) is 40.8 Å². The van der Waals surface area contributed by atoms with Gasteiger partial charge in [0.2, 0.25) is 5.91 Å². The van der Waals surface area contributed by atoms with E-state index in [0.29, 0.717) is 19.4 Å². The molecule has 3 rings (SSSR count).